The quantitative estimate of drug-likeness (QED) is 0.744. The van der Waals surface area contributed by atoms with E-state index in [4.69, 9.17) is 4.74 Å². The topological polar surface area (TPSA) is 82.1 Å². The highest BCUT2D eigenvalue weighted by atomic mass is 19.1. The van der Waals surface area contributed by atoms with Crippen LogP contribution in [0.3, 0.4) is 0 Å². The van der Waals surface area contributed by atoms with E-state index in [0.29, 0.717) is 56.1 Å². The van der Waals surface area contributed by atoms with Gasteiger partial charge in [-0.2, -0.15) is 0 Å². The molecule has 0 saturated carbocycles. The summed E-state index contributed by atoms with van der Waals surface area (Å²) < 4.78 is 19.4. The lowest BCUT2D eigenvalue weighted by atomic mass is 9.86. The highest BCUT2D eigenvalue weighted by Gasteiger charge is 2.43. The number of benzene rings is 2. The molecular weight excluding hydrogens is 425 g/mol. The van der Waals surface area contributed by atoms with E-state index in [1.807, 2.05) is 27.7 Å². The minimum atomic E-state index is -0.979. The van der Waals surface area contributed by atoms with Gasteiger partial charge in [0.15, 0.2) is 5.60 Å². The van der Waals surface area contributed by atoms with Crippen LogP contribution < -0.4 is 10.2 Å². The first-order valence-electron chi connectivity index (χ1n) is 11.2. The molecule has 7 nitrogen and oxygen atoms in total. The number of carbonyl (C=O) groups excluding carboxylic acids is 2. The number of amides is 2. The maximum Gasteiger partial charge on any atom is 0.266 e. The van der Waals surface area contributed by atoms with Gasteiger partial charge in [-0.05, 0) is 75.1 Å². The molecule has 0 bridgehead atoms. The Morgan fingerprint density at radius 2 is 1.67 bits per heavy atom. The Hall–Kier alpha value is -3.13. The average Bonchev–Trinajstić information content (AvgIpc) is 2.81. The zero-order valence-corrected chi connectivity index (χ0v) is 19.5. The maximum absolute atomic E-state index is 13.4. The van der Waals surface area contributed by atoms with Gasteiger partial charge in [0.25, 0.3) is 11.8 Å². The third kappa shape index (κ3) is 4.27. The normalized spacial score (nSPS) is 20.7. The molecule has 2 amide bonds. The number of phenols is 1. The maximum atomic E-state index is 13.4. The van der Waals surface area contributed by atoms with Crippen LogP contribution in [-0.4, -0.2) is 58.6 Å². The first-order valence-corrected chi connectivity index (χ1v) is 11.2. The highest BCUT2D eigenvalue weighted by molar-refractivity contribution is 5.93. The molecule has 1 fully saturated rings. The number of nitrogens with zero attached hydrogens (tertiary/aromatic N) is 2. The fraction of sp³-hybridized carbons (Fsp3) is 0.440. The molecule has 0 aromatic heterocycles. The van der Waals surface area contributed by atoms with Crippen LogP contribution >= 0.6 is 0 Å². The third-order valence-electron chi connectivity index (χ3n) is 6.90. The van der Waals surface area contributed by atoms with E-state index < -0.39 is 11.4 Å². The zero-order chi connectivity index (χ0) is 23.9. The SMILES string of the molecule is Cc1c(C)c2c(c(C)c1O)CCC(C)(C(=O)N1CCN(NC(=O)c3ccc(F)cc3)CC1)O2. The van der Waals surface area contributed by atoms with Gasteiger partial charge in [-0.3, -0.25) is 15.0 Å². The summed E-state index contributed by atoms with van der Waals surface area (Å²) >= 11 is 0. The van der Waals surface area contributed by atoms with E-state index in [1.165, 1.54) is 24.3 Å². The number of piperazine rings is 1. The largest absolute Gasteiger partial charge is 0.507 e. The van der Waals surface area contributed by atoms with Gasteiger partial charge < -0.3 is 14.7 Å². The molecule has 2 aliphatic heterocycles. The van der Waals surface area contributed by atoms with Crippen LogP contribution in [0.2, 0.25) is 0 Å². The Balaban J connectivity index is 1.40. The molecule has 33 heavy (non-hydrogen) atoms. The number of phenolic OH excluding ortho intramolecular Hbond substituents is 1. The number of aromatic hydroxyl groups is 1. The van der Waals surface area contributed by atoms with Crippen molar-refractivity contribution in [1.29, 1.82) is 0 Å². The first kappa shape index (κ1) is 23.0. The molecule has 0 spiro atoms. The molecule has 4 rings (SSSR count). The zero-order valence-electron chi connectivity index (χ0n) is 19.5. The van der Waals surface area contributed by atoms with E-state index in [9.17, 15) is 19.1 Å². The lowest BCUT2D eigenvalue weighted by Gasteiger charge is -2.42. The predicted octanol–water partition coefficient (Wildman–Crippen LogP) is 3.03. The summed E-state index contributed by atoms with van der Waals surface area (Å²) in [5.41, 5.74) is 5.63. The van der Waals surface area contributed by atoms with Crippen LogP contribution in [0.4, 0.5) is 4.39 Å². The molecule has 1 unspecified atom stereocenters. The van der Waals surface area contributed by atoms with Crippen molar-refractivity contribution in [2.45, 2.75) is 46.1 Å². The van der Waals surface area contributed by atoms with Gasteiger partial charge in [0.05, 0.1) is 0 Å². The number of halogens is 1. The number of hydrazine groups is 1. The molecule has 176 valence electrons. The van der Waals surface area contributed by atoms with E-state index >= 15 is 0 Å². The smallest absolute Gasteiger partial charge is 0.266 e. The molecule has 0 aliphatic carbocycles. The van der Waals surface area contributed by atoms with Crippen molar-refractivity contribution in [2.24, 2.45) is 0 Å². The molecule has 1 atom stereocenters. The fourth-order valence-corrected chi connectivity index (χ4v) is 4.56. The number of ether oxygens (including phenoxy) is 1. The van der Waals surface area contributed by atoms with E-state index in [0.717, 1.165) is 22.3 Å². The van der Waals surface area contributed by atoms with E-state index in [-0.39, 0.29) is 11.8 Å². The number of nitrogens with one attached hydrogen (secondary N) is 1. The van der Waals surface area contributed by atoms with Gasteiger partial charge in [0, 0.05) is 43.7 Å². The molecule has 8 heteroatoms. The Kier molecular flexibility index (Phi) is 6.05. The van der Waals surface area contributed by atoms with Gasteiger partial charge in [-0.15, -0.1) is 0 Å². The molecule has 2 heterocycles. The second-order valence-corrected chi connectivity index (χ2v) is 9.09. The second kappa shape index (κ2) is 8.67. The van der Waals surface area contributed by atoms with E-state index in [2.05, 4.69) is 5.43 Å². The first-order chi connectivity index (χ1) is 15.6. The summed E-state index contributed by atoms with van der Waals surface area (Å²) in [5.74, 6) is 0.231. The molecule has 2 N–H and O–H groups in total. The third-order valence-corrected chi connectivity index (χ3v) is 6.90. The van der Waals surface area contributed by atoms with Crippen molar-refractivity contribution in [1.82, 2.24) is 15.3 Å². The summed E-state index contributed by atoms with van der Waals surface area (Å²) in [6.45, 7) is 9.36. The van der Waals surface area contributed by atoms with Crippen LogP contribution in [-0.2, 0) is 11.2 Å². The number of carbonyl (C=O) groups is 2. The highest BCUT2D eigenvalue weighted by Crippen LogP contribution is 2.43. The summed E-state index contributed by atoms with van der Waals surface area (Å²) in [6.07, 6.45) is 1.19. The standard InChI is InChI=1S/C25H30FN3O4/c1-15-16(2)22-20(17(3)21(15)30)9-10-25(4,33-22)24(32)28-11-13-29(14-12-28)27-23(31)18-5-7-19(26)8-6-18/h5-8,30H,9-14H2,1-4H3,(H,27,31). The van der Waals surface area contributed by atoms with Crippen molar-refractivity contribution in [3.05, 3.63) is 57.9 Å². The van der Waals surface area contributed by atoms with Crippen LogP contribution in [0.5, 0.6) is 11.5 Å². The number of rotatable bonds is 3. The number of hydrogen-bond donors (Lipinski definition) is 2. The Labute approximate surface area is 193 Å². The van der Waals surface area contributed by atoms with Crippen molar-refractivity contribution in [3.63, 3.8) is 0 Å². The minimum Gasteiger partial charge on any atom is -0.507 e. The Bertz CT molecular complexity index is 1090. The molecule has 1 saturated heterocycles. The van der Waals surface area contributed by atoms with E-state index in [1.54, 1.807) is 9.91 Å². The van der Waals surface area contributed by atoms with Gasteiger partial charge in [-0.25, -0.2) is 9.40 Å². The number of fused-ring (bicyclic) bond motifs is 1. The van der Waals surface area contributed by atoms with Crippen molar-refractivity contribution in [3.8, 4) is 11.5 Å². The monoisotopic (exact) mass is 455 g/mol. The van der Waals surface area contributed by atoms with Gasteiger partial charge >= 0.3 is 0 Å². The lowest BCUT2D eigenvalue weighted by molar-refractivity contribution is -0.150. The van der Waals surface area contributed by atoms with Crippen LogP contribution in [0.15, 0.2) is 24.3 Å². The summed E-state index contributed by atoms with van der Waals surface area (Å²) in [7, 11) is 0. The van der Waals surface area contributed by atoms with Crippen LogP contribution in [0, 0.1) is 26.6 Å². The van der Waals surface area contributed by atoms with Crippen LogP contribution in [0.25, 0.3) is 0 Å². The predicted molar refractivity (Wildman–Crippen MR) is 122 cm³/mol. The molecule has 0 radical (unpaired) electrons. The van der Waals surface area contributed by atoms with Crippen molar-refractivity contribution in [2.75, 3.05) is 26.2 Å². The fourth-order valence-electron chi connectivity index (χ4n) is 4.56. The Morgan fingerprint density at radius 1 is 1.03 bits per heavy atom. The second-order valence-electron chi connectivity index (χ2n) is 9.09. The van der Waals surface area contributed by atoms with Gasteiger partial charge in [0.1, 0.15) is 17.3 Å². The molecular formula is C25H30FN3O4. The Morgan fingerprint density at radius 3 is 2.30 bits per heavy atom. The minimum absolute atomic E-state index is 0.0690. The average molecular weight is 456 g/mol. The van der Waals surface area contributed by atoms with Gasteiger partial charge in [0.2, 0.25) is 0 Å². The summed E-state index contributed by atoms with van der Waals surface area (Å²) in [6, 6.07) is 5.38. The van der Waals surface area contributed by atoms with Gasteiger partial charge in [-0.1, -0.05) is 0 Å². The molecule has 2 aliphatic rings. The molecule has 2 aromatic carbocycles. The summed E-state index contributed by atoms with van der Waals surface area (Å²) in [4.78, 5) is 27.6. The van der Waals surface area contributed by atoms with Crippen LogP contribution in [0.1, 0.15) is 46.0 Å². The lowest BCUT2D eigenvalue weighted by Crippen LogP contribution is -2.60. The van der Waals surface area contributed by atoms with Crippen molar-refractivity contribution < 1.29 is 23.8 Å². The van der Waals surface area contributed by atoms with Crippen molar-refractivity contribution >= 4 is 11.8 Å². The molecule has 2 aromatic rings. The number of hydrogen-bond acceptors (Lipinski definition) is 5. The summed E-state index contributed by atoms with van der Waals surface area (Å²) in [5, 5.41) is 12.1.